The van der Waals surface area contributed by atoms with Gasteiger partial charge in [-0.25, -0.2) is 9.78 Å². The standard InChI is InChI=1S/C9H9N3O2/c1-11-8(13)6-12(9(11)14)7-4-2-3-5-10-7/h2-5H,6H2,1H3. The predicted octanol–water partition coefficient (Wildman–Crippen LogP) is 0.480. The Morgan fingerprint density at radius 2 is 2.14 bits per heavy atom. The zero-order valence-corrected chi connectivity index (χ0v) is 7.67. The Labute approximate surface area is 80.9 Å². The van der Waals surface area contributed by atoms with Crippen molar-refractivity contribution in [3.8, 4) is 0 Å². The van der Waals surface area contributed by atoms with Gasteiger partial charge in [-0.15, -0.1) is 0 Å². The van der Waals surface area contributed by atoms with Gasteiger partial charge in [0.15, 0.2) is 0 Å². The number of anilines is 1. The zero-order valence-electron chi connectivity index (χ0n) is 7.67. The third kappa shape index (κ3) is 1.22. The third-order valence-electron chi connectivity index (χ3n) is 2.11. The van der Waals surface area contributed by atoms with Crippen LogP contribution in [0.3, 0.4) is 0 Å². The molecule has 72 valence electrons. The van der Waals surface area contributed by atoms with Crippen LogP contribution in [0, 0.1) is 0 Å². The van der Waals surface area contributed by atoms with E-state index in [-0.39, 0.29) is 18.5 Å². The first kappa shape index (κ1) is 8.68. The quantitative estimate of drug-likeness (QED) is 0.607. The number of aromatic nitrogens is 1. The van der Waals surface area contributed by atoms with Crippen LogP contribution >= 0.6 is 0 Å². The molecule has 1 aliphatic heterocycles. The Bertz CT molecular complexity index is 377. The van der Waals surface area contributed by atoms with Crippen molar-refractivity contribution >= 4 is 17.8 Å². The van der Waals surface area contributed by atoms with E-state index >= 15 is 0 Å². The first-order chi connectivity index (χ1) is 6.70. The molecule has 1 aliphatic rings. The van der Waals surface area contributed by atoms with E-state index in [1.165, 1.54) is 11.9 Å². The van der Waals surface area contributed by atoms with Gasteiger partial charge in [0.05, 0.1) is 0 Å². The van der Waals surface area contributed by atoms with E-state index < -0.39 is 0 Å². The minimum Gasteiger partial charge on any atom is -0.272 e. The molecule has 0 bridgehead atoms. The lowest BCUT2D eigenvalue weighted by atomic mass is 10.4. The SMILES string of the molecule is CN1C(=O)CN(c2ccccn2)C1=O. The molecule has 5 heteroatoms. The van der Waals surface area contributed by atoms with Crippen molar-refractivity contribution in [1.82, 2.24) is 9.88 Å². The molecule has 0 aliphatic carbocycles. The van der Waals surface area contributed by atoms with E-state index in [1.807, 2.05) is 0 Å². The summed E-state index contributed by atoms with van der Waals surface area (Å²) in [4.78, 5) is 29.2. The molecular weight excluding hydrogens is 182 g/mol. The van der Waals surface area contributed by atoms with Gasteiger partial charge in [0.25, 0.3) is 5.91 Å². The minimum atomic E-state index is -0.325. The second-order valence-corrected chi connectivity index (χ2v) is 3.01. The maximum Gasteiger partial charge on any atom is 0.332 e. The number of rotatable bonds is 1. The number of hydrogen-bond donors (Lipinski definition) is 0. The number of likely N-dealkylation sites (N-methyl/N-ethyl adjacent to an activating group) is 1. The van der Waals surface area contributed by atoms with Crippen LogP contribution in [0.25, 0.3) is 0 Å². The van der Waals surface area contributed by atoms with Crippen molar-refractivity contribution < 1.29 is 9.59 Å². The summed E-state index contributed by atoms with van der Waals surface area (Å²) < 4.78 is 0. The number of pyridine rings is 1. The van der Waals surface area contributed by atoms with Crippen LogP contribution < -0.4 is 4.90 Å². The number of urea groups is 1. The topological polar surface area (TPSA) is 53.5 Å². The van der Waals surface area contributed by atoms with E-state index in [4.69, 9.17) is 0 Å². The van der Waals surface area contributed by atoms with Crippen molar-refractivity contribution in [3.63, 3.8) is 0 Å². The van der Waals surface area contributed by atoms with E-state index in [1.54, 1.807) is 24.4 Å². The summed E-state index contributed by atoms with van der Waals surface area (Å²) in [5.74, 6) is 0.302. The summed E-state index contributed by atoms with van der Waals surface area (Å²) in [5, 5.41) is 0. The maximum absolute atomic E-state index is 11.5. The van der Waals surface area contributed by atoms with Crippen molar-refractivity contribution in [1.29, 1.82) is 0 Å². The number of carbonyl (C=O) groups is 2. The van der Waals surface area contributed by atoms with Crippen LogP contribution in [0.4, 0.5) is 10.6 Å². The van der Waals surface area contributed by atoms with Crippen LogP contribution in [-0.2, 0) is 4.79 Å². The van der Waals surface area contributed by atoms with Crippen molar-refractivity contribution in [3.05, 3.63) is 24.4 Å². The van der Waals surface area contributed by atoms with Crippen molar-refractivity contribution in [2.75, 3.05) is 18.5 Å². The number of imide groups is 1. The van der Waals surface area contributed by atoms with Crippen LogP contribution in [0.2, 0.25) is 0 Å². The first-order valence-electron chi connectivity index (χ1n) is 4.19. The number of nitrogens with zero attached hydrogens (tertiary/aromatic N) is 3. The number of hydrogen-bond acceptors (Lipinski definition) is 3. The Hall–Kier alpha value is -1.91. The van der Waals surface area contributed by atoms with Gasteiger partial charge in [-0.1, -0.05) is 6.07 Å². The Balaban J connectivity index is 2.30. The van der Waals surface area contributed by atoms with Crippen molar-refractivity contribution in [2.24, 2.45) is 0 Å². The molecule has 2 heterocycles. The Morgan fingerprint density at radius 3 is 2.64 bits per heavy atom. The molecule has 1 aromatic rings. The Kier molecular flexibility index (Phi) is 1.92. The molecular formula is C9H9N3O2. The summed E-state index contributed by atoms with van der Waals surface area (Å²) in [7, 11) is 1.47. The molecule has 1 fully saturated rings. The fraction of sp³-hybridized carbons (Fsp3) is 0.222. The lowest BCUT2D eigenvalue weighted by Crippen LogP contribution is -2.30. The fourth-order valence-corrected chi connectivity index (χ4v) is 1.29. The van der Waals surface area contributed by atoms with Crippen LogP contribution in [0.5, 0.6) is 0 Å². The molecule has 0 atom stereocenters. The average Bonchev–Trinajstić information content (AvgIpc) is 2.47. The predicted molar refractivity (Wildman–Crippen MR) is 49.7 cm³/mol. The average molecular weight is 191 g/mol. The molecule has 1 aromatic heterocycles. The smallest absolute Gasteiger partial charge is 0.272 e. The Morgan fingerprint density at radius 1 is 1.36 bits per heavy atom. The summed E-state index contributed by atoms with van der Waals surface area (Å²) in [6.07, 6.45) is 1.59. The first-order valence-corrected chi connectivity index (χ1v) is 4.19. The largest absolute Gasteiger partial charge is 0.332 e. The van der Waals surface area contributed by atoms with Crippen LogP contribution in [0.15, 0.2) is 24.4 Å². The molecule has 2 rings (SSSR count). The fourth-order valence-electron chi connectivity index (χ4n) is 1.29. The molecule has 5 nitrogen and oxygen atoms in total. The summed E-state index contributed by atoms with van der Waals surface area (Å²) in [6, 6.07) is 4.91. The maximum atomic E-state index is 11.5. The molecule has 0 spiro atoms. The molecule has 0 aromatic carbocycles. The highest BCUT2D eigenvalue weighted by molar-refractivity contribution is 6.11. The second kappa shape index (κ2) is 3.10. The van der Waals surface area contributed by atoms with Gasteiger partial charge in [0.1, 0.15) is 12.4 Å². The number of carbonyl (C=O) groups excluding carboxylic acids is 2. The molecule has 1 saturated heterocycles. The monoisotopic (exact) mass is 191 g/mol. The highest BCUT2D eigenvalue weighted by Gasteiger charge is 2.34. The van der Waals surface area contributed by atoms with Gasteiger partial charge in [0.2, 0.25) is 0 Å². The van der Waals surface area contributed by atoms with E-state index in [9.17, 15) is 9.59 Å². The van der Waals surface area contributed by atoms with E-state index in [0.29, 0.717) is 5.82 Å². The van der Waals surface area contributed by atoms with Gasteiger partial charge >= 0.3 is 6.03 Å². The normalized spacial score (nSPS) is 16.6. The number of amides is 3. The highest BCUT2D eigenvalue weighted by atomic mass is 16.2. The summed E-state index contributed by atoms with van der Waals surface area (Å²) in [6.45, 7) is 0.0757. The molecule has 0 radical (unpaired) electrons. The zero-order chi connectivity index (χ0) is 10.1. The van der Waals surface area contributed by atoms with E-state index in [0.717, 1.165) is 4.90 Å². The minimum absolute atomic E-state index is 0.0757. The third-order valence-corrected chi connectivity index (χ3v) is 2.11. The van der Waals surface area contributed by atoms with Crippen LogP contribution in [0.1, 0.15) is 0 Å². The van der Waals surface area contributed by atoms with Gasteiger partial charge < -0.3 is 0 Å². The van der Waals surface area contributed by atoms with Crippen molar-refractivity contribution in [2.45, 2.75) is 0 Å². The highest BCUT2D eigenvalue weighted by Crippen LogP contribution is 2.16. The summed E-state index contributed by atoms with van der Waals surface area (Å²) in [5.41, 5.74) is 0. The molecule has 0 N–H and O–H groups in total. The molecule has 14 heavy (non-hydrogen) atoms. The van der Waals surface area contributed by atoms with Gasteiger partial charge in [-0.3, -0.25) is 14.6 Å². The second-order valence-electron chi connectivity index (χ2n) is 3.01. The van der Waals surface area contributed by atoms with Crippen LogP contribution in [-0.4, -0.2) is 35.4 Å². The lowest BCUT2D eigenvalue weighted by Gasteiger charge is -2.12. The molecule has 3 amide bonds. The molecule has 0 unspecified atom stereocenters. The summed E-state index contributed by atoms with van der Waals surface area (Å²) >= 11 is 0. The van der Waals surface area contributed by atoms with Gasteiger partial charge in [-0.2, -0.15) is 0 Å². The molecule has 0 saturated carbocycles. The van der Waals surface area contributed by atoms with E-state index in [2.05, 4.69) is 4.98 Å². The van der Waals surface area contributed by atoms with Gasteiger partial charge in [0, 0.05) is 13.2 Å². The lowest BCUT2D eigenvalue weighted by molar-refractivity contribution is -0.123. The van der Waals surface area contributed by atoms with Gasteiger partial charge in [-0.05, 0) is 12.1 Å².